The van der Waals surface area contributed by atoms with Crippen molar-refractivity contribution >= 4 is 41.0 Å². The average Bonchev–Trinajstić information content (AvgIpc) is 2.73. The summed E-state index contributed by atoms with van der Waals surface area (Å²) in [7, 11) is 0. The largest absolute Gasteiger partial charge is 0.488 e. The van der Waals surface area contributed by atoms with Gasteiger partial charge in [-0.3, -0.25) is 4.79 Å². The van der Waals surface area contributed by atoms with E-state index in [1.54, 1.807) is 54.6 Å². The van der Waals surface area contributed by atoms with Gasteiger partial charge in [-0.15, -0.1) is 0 Å². The standard InChI is InChI=1S/C22H17Cl2FN2O3/c23-17-3-8-20(9-4-17)27-22(28)14-30-26-12-16-11-18(24)5-10-21(16)29-13-15-1-6-19(25)7-2-15/h1-12H,13-14H2,(H,27,28). The van der Waals surface area contributed by atoms with E-state index in [-0.39, 0.29) is 24.9 Å². The fourth-order valence-corrected chi connectivity index (χ4v) is 2.72. The Kier molecular flexibility index (Phi) is 7.65. The first-order chi connectivity index (χ1) is 14.5. The second-order valence-electron chi connectivity index (χ2n) is 6.16. The van der Waals surface area contributed by atoms with Gasteiger partial charge in [0, 0.05) is 21.3 Å². The molecule has 3 aromatic carbocycles. The molecule has 0 aromatic heterocycles. The number of anilines is 1. The fraction of sp³-hybridized carbons (Fsp3) is 0.0909. The number of nitrogens with one attached hydrogen (secondary N) is 1. The van der Waals surface area contributed by atoms with Gasteiger partial charge in [0.15, 0.2) is 6.61 Å². The van der Waals surface area contributed by atoms with Crippen molar-refractivity contribution in [2.75, 3.05) is 11.9 Å². The first-order valence-corrected chi connectivity index (χ1v) is 9.63. The van der Waals surface area contributed by atoms with Crippen LogP contribution in [0, 0.1) is 5.82 Å². The third kappa shape index (κ3) is 6.76. The lowest BCUT2D eigenvalue weighted by atomic mass is 10.2. The van der Waals surface area contributed by atoms with Crippen molar-refractivity contribution in [2.24, 2.45) is 5.16 Å². The first kappa shape index (κ1) is 21.6. The van der Waals surface area contributed by atoms with Crippen LogP contribution in [0.2, 0.25) is 10.0 Å². The molecule has 0 aliphatic rings. The Labute approximate surface area is 183 Å². The second kappa shape index (κ2) is 10.6. The molecule has 0 aliphatic carbocycles. The van der Waals surface area contributed by atoms with Crippen molar-refractivity contribution in [3.63, 3.8) is 0 Å². The highest BCUT2D eigenvalue weighted by atomic mass is 35.5. The maximum atomic E-state index is 13.0. The van der Waals surface area contributed by atoms with Crippen LogP contribution in [-0.2, 0) is 16.2 Å². The van der Waals surface area contributed by atoms with Crippen LogP contribution in [0.15, 0.2) is 71.9 Å². The van der Waals surface area contributed by atoms with Crippen LogP contribution < -0.4 is 10.1 Å². The van der Waals surface area contributed by atoms with E-state index in [4.69, 9.17) is 32.8 Å². The number of halogens is 3. The van der Waals surface area contributed by atoms with Crippen LogP contribution in [0.3, 0.4) is 0 Å². The van der Waals surface area contributed by atoms with Crippen LogP contribution in [0.5, 0.6) is 5.75 Å². The second-order valence-corrected chi connectivity index (χ2v) is 7.03. The van der Waals surface area contributed by atoms with E-state index in [1.165, 1.54) is 18.3 Å². The van der Waals surface area contributed by atoms with Gasteiger partial charge in [-0.1, -0.05) is 40.5 Å². The van der Waals surface area contributed by atoms with Gasteiger partial charge in [0.1, 0.15) is 18.2 Å². The molecule has 5 nitrogen and oxygen atoms in total. The Balaban J connectivity index is 1.55. The zero-order chi connectivity index (χ0) is 21.3. The molecule has 0 fully saturated rings. The third-order valence-electron chi connectivity index (χ3n) is 3.87. The molecule has 0 unspecified atom stereocenters. The Morgan fingerprint density at radius 3 is 2.43 bits per heavy atom. The monoisotopic (exact) mass is 446 g/mol. The SMILES string of the molecule is O=C(CON=Cc1cc(Cl)ccc1OCc1ccc(F)cc1)Nc1ccc(Cl)cc1. The number of carbonyl (C=O) groups excluding carboxylic acids is 1. The zero-order valence-electron chi connectivity index (χ0n) is 15.6. The quantitative estimate of drug-likeness (QED) is 0.356. The minimum Gasteiger partial charge on any atom is -0.488 e. The summed E-state index contributed by atoms with van der Waals surface area (Å²) in [6.07, 6.45) is 1.40. The number of nitrogens with zero attached hydrogens (tertiary/aromatic N) is 1. The summed E-state index contributed by atoms with van der Waals surface area (Å²) >= 11 is 11.8. The molecule has 30 heavy (non-hydrogen) atoms. The fourth-order valence-electron chi connectivity index (χ4n) is 2.41. The Morgan fingerprint density at radius 2 is 1.70 bits per heavy atom. The number of hydrogen-bond donors (Lipinski definition) is 1. The van der Waals surface area contributed by atoms with Gasteiger partial charge >= 0.3 is 0 Å². The van der Waals surface area contributed by atoms with Crippen LogP contribution in [-0.4, -0.2) is 18.7 Å². The molecular formula is C22H17Cl2FN2O3. The normalized spacial score (nSPS) is 10.8. The van der Waals surface area contributed by atoms with E-state index in [0.717, 1.165) is 5.56 Å². The zero-order valence-corrected chi connectivity index (χ0v) is 17.2. The molecule has 0 saturated heterocycles. The van der Waals surface area contributed by atoms with Crippen LogP contribution in [0.25, 0.3) is 0 Å². The van der Waals surface area contributed by atoms with E-state index in [9.17, 15) is 9.18 Å². The number of benzene rings is 3. The Hall–Kier alpha value is -3.09. The number of carbonyl (C=O) groups is 1. The summed E-state index contributed by atoms with van der Waals surface area (Å²) in [5.74, 6) is -0.162. The van der Waals surface area contributed by atoms with Crippen molar-refractivity contribution in [1.82, 2.24) is 0 Å². The maximum Gasteiger partial charge on any atom is 0.265 e. The number of ether oxygens (including phenoxy) is 1. The lowest BCUT2D eigenvalue weighted by Crippen LogP contribution is -2.16. The molecule has 1 N–H and O–H groups in total. The summed E-state index contributed by atoms with van der Waals surface area (Å²) < 4.78 is 18.8. The van der Waals surface area contributed by atoms with Crippen LogP contribution in [0.4, 0.5) is 10.1 Å². The molecule has 0 heterocycles. The number of oxime groups is 1. The van der Waals surface area contributed by atoms with Gasteiger partial charge in [-0.2, -0.15) is 0 Å². The van der Waals surface area contributed by atoms with E-state index in [1.807, 2.05) is 0 Å². The van der Waals surface area contributed by atoms with E-state index in [2.05, 4.69) is 10.5 Å². The number of rotatable bonds is 8. The molecule has 0 radical (unpaired) electrons. The summed E-state index contributed by atoms with van der Waals surface area (Å²) in [4.78, 5) is 17.0. The molecule has 0 saturated carbocycles. The molecule has 3 aromatic rings. The van der Waals surface area contributed by atoms with Gasteiger partial charge < -0.3 is 14.9 Å². The van der Waals surface area contributed by atoms with Crippen molar-refractivity contribution < 1.29 is 18.8 Å². The number of amides is 1. The summed E-state index contributed by atoms with van der Waals surface area (Å²) in [5, 5.41) is 7.54. The van der Waals surface area contributed by atoms with E-state index < -0.39 is 0 Å². The summed E-state index contributed by atoms with van der Waals surface area (Å²) in [5.41, 5.74) is 1.98. The molecule has 0 bridgehead atoms. The summed E-state index contributed by atoms with van der Waals surface area (Å²) in [6.45, 7) is -0.0292. The molecule has 0 aliphatic heterocycles. The highest BCUT2D eigenvalue weighted by Gasteiger charge is 2.06. The molecule has 0 spiro atoms. The van der Waals surface area contributed by atoms with Gasteiger partial charge in [0.25, 0.3) is 5.91 Å². The molecule has 1 amide bonds. The molecule has 0 atom stereocenters. The lowest BCUT2D eigenvalue weighted by molar-refractivity contribution is -0.120. The minimum absolute atomic E-state index is 0.243. The number of hydrogen-bond acceptors (Lipinski definition) is 4. The lowest BCUT2D eigenvalue weighted by Gasteiger charge is -2.09. The first-order valence-electron chi connectivity index (χ1n) is 8.87. The predicted molar refractivity (Wildman–Crippen MR) is 116 cm³/mol. The Bertz CT molecular complexity index is 1030. The highest BCUT2D eigenvalue weighted by Crippen LogP contribution is 2.22. The van der Waals surface area contributed by atoms with E-state index >= 15 is 0 Å². The maximum absolute atomic E-state index is 13.0. The topological polar surface area (TPSA) is 59.9 Å². The molecule has 3 rings (SSSR count). The van der Waals surface area contributed by atoms with Crippen molar-refractivity contribution in [1.29, 1.82) is 0 Å². The van der Waals surface area contributed by atoms with Crippen molar-refractivity contribution in [2.45, 2.75) is 6.61 Å². The highest BCUT2D eigenvalue weighted by molar-refractivity contribution is 6.31. The van der Waals surface area contributed by atoms with E-state index in [0.29, 0.717) is 27.0 Å². The van der Waals surface area contributed by atoms with Gasteiger partial charge in [0.2, 0.25) is 0 Å². The minimum atomic E-state index is -0.367. The summed E-state index contributed by atoms with van der Waals surface area (Å²) in [6, 6.07) is 17.7. The van der Waals surface area contributed by atoms with Gasteiger partial charge in [-0.05, 0) is 60.2 Å². The molecular weight excluding hydrogens is 430 g/mol. The van der Waals surface area contributed by atoms with Crippen molar-refractivity contribution in [3.8, 4) is 5.75 Å². The van der Waals surface area contributed by atoms with Gasteiger partial charge in [-0.25, -0.2) is 4.39 Å². The molecule has 8 heteroatoms. The van der Waals surface area contributed by atoms with Crippen LogP contribution in [0.1, 0.15) is 11.1 Å². The average molecular weight is 447 g/mol. The smallest absolute Gasteiger partial charge is 0.265 e. The Morgan fingerprint density at radius 1 is 1.00 bits per heavy atom. The third-order valence-corrected chi connectivity index (χ3v) is 4.36. The van der Waals surface area contributed by atoms with Crippen molar-refractivity contribution in [3.05, 3.63) is 93.7 Å². The van der Waals surface area contributed by atoms with Crippen LogP contribution >= 0.6 is 23.2 Å². The van der Waals surface area contributed by atoms with Gasteiger partial charge in [0.05, 0.1) is 6.21 Å². The molecule has 154 valence electrons. The predicted octanol–water partition coefficient (Wildman–Crippen LogP) is 5.70.